The number of rotatable bonds is 4. The van der Waals surface area contributed by atoms with Crippen LogP contribution in [0.5, 0.6) is 0 Å². The van der Waals surface area contributed by atoms with Crippen molar-refractivity contribution >= 4 is 16.7 Å². The number of ether oxygens (including phenoxy) is 1. The van der Waals surface area contributed by atoms with E-state index in [1.54, 1.807) is 0 Å². The lowest BCUT2D eigenvalue weighted by Crippen LogP contribution is -2.36. The molecular weight excluding hydrogens is 404 g/mol. The Morgan fingerprint density at radius 2 is 1.55 bits per heavy atom. The van der Waals surface area contributed by atoms with Gasteiger partial charge in [-0.05, 0) is 84.4 Å². The topological polar surface area (TPSA) is 26.3 Å². The summed E-state index contributed by atoms with van der Waals surface area (Å²) in [5, 5.41) is 2.91. The van der Waals surface area contributed by atoms with E-state index in [1.165, 1.54) is 33.0 Å². The zero-order chi connectivity index (χ0) is 23.8. The lowest BCUT2D eigenvalue weighted by atomic mass is 9.88. The standard InChI is InChI=1S/C17H24O2.C14H14/c1-5-16(3,4)15(18)19-17(6-2)12-11-13-9-7-8-10-14(13)17;1-9-10(2)13-8-4-6-11-5-3-7-12(9)14(11)13/h7-10H,5-6,11-12H2,1-4H3;3-10H,1-2H3. The first-order chi connectivity index (χ1) is 15.7. The van der Waals surface area contributed by atoms with Crippen LogP contribution >= 0.6 is 0 Å². The van der Waals surface area contributed by atoms with E-state index in [-0.39, 0.29) is 5.97 Å². The molecule has 33 heavy (non-hydrogen) atoms. The van der Waals surface area contributed by atoms with Gasteiger partial charge in [-0.15, -0.1) is 0 Å². The predicted octanol–water partition coefficient (Wildman–Crippen LogP) is 8.28. The second kappa shape index (κ2) is 8.97. The molecule has 3 atom stereocenters. The van der Waals surface area contributed by atoms with Crippen LogP contribution in [0.15, 0.2) is 60.7 Å². The van der Waals surface area contributed by atoms with Crippen LogP contribution in [0.1, 0.15) is 94.9 Å². The van der Waals surface area contributed by atoms with E-state index in [2.05, 4.69) is 75.4 Å². The molecule has 2 heteroatoms. The van der Waals surface area contributed by atoms with Gasteiger partial charge in [0.1, 0.15) is 5.60 Å². The van der Waals surface area contributed by atoms with Crippen molar-refractivity contribution in [2.45, 2.75) is 84.7 Å². The summed E-state index contributed by atoms with van der Waals surface area (Å²) in [6, 6.07) is 21.7. The molecule has 0 N–H and O–H groups in total. The fraction of sp³-hybridized carbons (Fsp3) is 0.452. The smallest absolute Gasteiger partial charge is 0.312 e. The van der Waals surface area contributed by atoms with Gasteiger partial charge in [0.2, 0.25) is 0 Å². The van der Waals surface area contributed by atoms with E-state index in [9.17, 15) is 4.79 Å². The Kier molecular flexibility index (Phi) is 6.40. The van der Waals surface area contributed by atoms with Crippen molar-refractivity contribution < 1.29 is 9.53 Å². The van der Waals surface area contributed by atoms with E-state index in [4.69, 9.17) is 4.74 Å². The van der Waals surface area contributed by atoms with Gasteiger partial charge in [-0.2, -0.15) is 0 Å². The van der Waals surface area contributed by atoms with Gasteiger partial charge < -0.3 is 4.74 Å². The molecule has 0 radical (unpaired) electrons. The van der Waals surface area contributed by atoms with Gasteiger partial charge in [-0.25, -0.2) is 0 Å². The molecule has 3 unspecified atom stereocenters. The molecule has 174 valence electrons. The van der Waals surface area contributed by atoms with Crippen LogP contribution in [0, 0.1) is 5.41 Å². The lowest BCUT2D eigenvalue weighted by molar-refractivity contribution is -0.172. The zero-order valence-corrected chi connectivity index (χ0v) is 21.1. The van der Waals surface area contributed by atoms with Crippen LogP contribution < -0.4 is 0 Å². The minimum Gasteiger partial charge on any atom is -0.454 e. The second-order valence-corrected chi connectivity index (χ2v) is 10.5. The average Bonchev–Trinajstić information content (AvgIpc) is 3.32. The fourth-order valence-electron chi connectivity index (χ4n) is 5.36. The minimum atomic E-state index is -0.403. The molecule has 5 rings (SSSR count). The van der Waals surface area contributed by atoms with Gasteiger partial charge in [0.25, 0.3) is 0 Å². The molecule has 0 heterocycles. The average molecular weight is 443 g/mol. The minimum absolute atomic E-state index is 0.0754. The highest BCUT2D eigenvalue weighted by atomic mass is 16.6. The highest BCUT2D eigenvalue weighted by molar-refractivity contribution is 5.92. The summed E-state index contributed by atoms with van der Waals surface area (Å²) in [4.78, 5) is 12.4. The Morgan fingerprint density at radius 3 is 2.12 bits per heavy atom. The van der Waals surface area contributed by atoms with Gasteiger partial charge in [0.15, 0.2) is 0 Å². The van der Waals surface area contributed by atoms with Crippen molar-refractivity contribution in [2.24, 2.45) is 5.41 Å². The number of benzene rings is 3. The van der Waals surface area contributed by atoms with Crippen molar-refractivity contribution in [3.8, 4) is 0 Å². The molecule has 0 saturated carbocycles. The Balaban J connectivity index is 0.000000163. The van der Waals surface area contributed by atoms with Gasteiger partial charge >= 0.3 is 5.97 Å². The molecule has 3 aromatic carbocycles. The molecular formula is C31H38O2. The Labute approximate surface area is 199 Å². The third-order valence-corrected chi connectivity index (χ3v) is 8.30. The Hall–Kier alpha value is -2.61. The van der Waals surface area contributed by atoms with E-state index in [0.29, 0.717) is 11.8 Å². The molecule has 0 aliphatic heterocycles. The largest absolute Gasteiger partial charge is 0.454 e. The Bertz CT molecular complexity index is 1120. The van der Waals surface area contributed by atoms with E-state index >= 15 is 0 Å². The second-order valence-electron chi connectivity index (χ2n) is 10.5. The van der Waals surface area contributed by atoms with Gasteiger partial charge in [0.05, 0.1) is 5.41 Å². The predicted molar refractivity (Wildman–Crippen MR) is 138 cm³/mol. The quantitative estimate of drug-likeness (QED) is 0.380. The number of hydrogen-bond donors (Lipinski definition) is 0. The number of hydrogen-bond acceptors (Lipinski definition) is 2. The number of carbonyl (C=O) groups is 1. The zero-order valence-electron chi connectivity index (χ0n) is 21.1. The van der Waals surface area contributed by atoms with Gasteiger partial charge in [0, 0.05) is 0 Å². The van der Waals surface area contributed by atoms with Gasteiger partial charge in [-0.1, -0.05) is 88.4 Å². The SMILES string of the molecule is CC1c2cccc3cccc(c23)C1C.CCC(C)(C)C(=O)OC1(CC)CCc2ccccc21. The fourth-order valence-corrected chi connectivity index (χ4v) is 5.36. The molecule has 0 aromatic heterocycles. The summed E-state index contributed by atoms with van der Waals surface area (Å²) in [7, 11) is 0. The summed E-state index contributed by atoms with van der Waals surface area (Å²) in [5.41, 5.74) is 4.79. The number of aryl methyl sites for hydroxylation is 1. The van der Waals surface area contributed by atoms with Crippen molar-refractivity contribution in [3.63, 3.8) is 0 Å². The Morgan fingerprint density at radius 1 is 0.939 bits per heavy atom. The maximum atomic E-state index is 12.4. The van der Waals surface area contributed by atoms with Crippen LogP contribution in [0.4, 0.5) is 0 Å². The first kappa shape index (κ1) is 23.5. The molecule has 0 bridgehead atoms. The van der Waals surface area contributed by atoms with Gasteiger partial charge in [-0.3, -0.25) is 4.79 Å². The molecule has 2 nitrogen and oxygen atoms in total. The van der Waals surface area contributed by atoms with E-state index in [1.807, 2.05) is 26.8 Å². The monoisotopic (exact) mass is 442 g/mol. The van der Waals surface area contributed by atoms with Crippen LogP contribution in [-0.4, -0.2) is 5.97 Å². The molecule has 0 saturated heterocycles. The maximum Gasteiger partial charge on any atom is 0.312 e. The molecule has 2 aliphatic carbocycles. The number of carbonyl (C=O) groups excluding carboxylic acids is 1. The molecule has 3 aromatic rings. The summed E-state index contributed by atoms with van der Waals surface area (Å²) >= 11 is 0. The molecule has 0 fully saturated rings. The lowest BCUT2D eigenvalue weighted by Gasteiger charge is -2.33. The summed E-state index contributed by atoms with van der Waals surface area (Å²) in [6.45, 7) is 12.7. The van der Waals surface area contributed by atoms with Crippen LogP contribution in [0.2, 0.25) is 0 Å². The third kappa shape index (κ3) is 4.09. The summed E-state index contributed by atoms with van der Waals surface area (Å²) in [6.07, 6.45) is 3.56. The number of esters is 1. The summed E-state index contributed by atoms with van der Waals surface area (Å²) < 4.78 is 5.99. The first-order valence-corrected chi connectivity index (χ1v) is 12.6. The third-order valence-electron chi connectivity index (χ3n) is 8.30. The first-order valence-electron chi connectivity index (χ1n) is 12.6. The van der Waals surface area contributed by atoms with Crippen LogP contribution in [0.25, 0.3) is 10.8 Å². The molecule has 2 aliphatic rings. The van der Waals surface area contributed by atoms with Crippen LogP contribution in [-0.2, 0) is 21.6 Å². The van der Waals surface area contributed by atoms with E-state index < -0.39 is 11.0 Å². The molecule has 0 amide bonds. The van der Waals surface area contributed by atoms with E-state index in [0.717, 1.165) is 25.7 Å². The van der Waals surface area contributed by atoms with Crippen molar-refractivity contribution in [1.82, 2.24) is 0 Å². The van der Waals surface area contributed by atoms with Crippen molar-refractivity contribution in [1.29, 1.82) is 0 Å². The van der Waals surface area contributed by atoms with Crippen molar-refractivity contribution in [2.75, 3.05) is 0 Å². The number of fused-ring (bicyclic) bond motifs is 1. The van der Waals surface area contributed by atoms with Crippen molar-refractivity contribution in [3.05, 3.63) is 82.9 Å². The highest BCUT2D eigenvalue weighted by Gasteiger charge is 2.43. The summed E-state index contributed by atoms with van der Waals surface area (Å²) in [5.74, 6) is 1.28. The maximum absolute atomic E-state index is 12.4. The molecule has 0 spiro atoms. The highest BCUT2D eigenvalue weighted by Crippen LogP contribution is 2.46. The normalized spacial score (nSPS) is 23.1. The van der Waals surface area contributed by atoms with Crippen LogP contribution in [0.3, 0.4) is 0 Å².